The molecule has 0 unspecified atom stereocenters. The Hall–Kier alpha value is -2.24. The number of hydrogen-bond donors (Lipinski definition) is 2. The third kappa shape index (κ3) is 5.44. The Morgan fingerprint density at radius 2 is 1.92 bits per heavy atom. The van der Waals surface area contributed by atoms with E-state index < -0.39 is 11.8 Å². The number of pyridine rings is 1. The van der Waals surface area contributed by atoms with Gasteiger partial charge in [-0.15, -0.1) is 0 Å². The Morgan fingerprint density at radius 3 is 2.50 bits per heavy atom. The molecule has 0 radical (unpaired) electrons. The molecule has 24 heavy (non-hydrogen) atoms. The molecule has 0 aliphatic heterocycles. The highest BCUT2D eigenvalue weighted by Gasteiger charge is 2.28. The van der Waals surface area contributed by atoms with Crippen LogP contribution in [0.1, 0.15) is 52.1 Å². The van der Waals surface area contributed by atoms with E-state index in [1.165, 1.54) is 0 Å². The van der Waals surface area contributed by atoms with Gasteiger partial charge < -0.3 is 5.32 Å². The molecule has 1 fully saturated rings. The largest absolute Gasteiger partial charge is 0.342 e. The molecule has 130 valence electrons. The van der Waals surface area contributed by atoms with Crippen LogP contribution < -0.4 is 10.7 Å². The van der Waals surface area contributed by atoms with Crippen LogP contribution in [0.25, 0.3) is 0 Å². The topological polar surface area (TPSA) is 83.5 Å². The zero-order valence-electron chi connectivity index (χ0n) is 14.6. The number of hydrogen-bond acceptors (Lipinski definition) is 4. The molecule has 0 spiro atoms. The highest BCUT2D eigenvalue weighted by Crippen LogP contribution is 2.36. The summed E-state index contributed by atoms with van der Waals surface area (Å²) in [5, 5.41) is 6.65. The van der Waals surface area contributed by atoms with Crippen LogP contribution in [-0.4, -0.2) is 22.5 Å². The van der Waals surface area contributed by atoms with Crippen LogP contribution in [0.2, 0.25) is 0 Å². The fourth-order valence-corrected chi connectivity index (χ4v) is 2.86. The van der Waals surface area contributed by atoms with Crippen LogP contribution in [-0.2, 0) is 16.1 Å². The van der Waals surface area contributed by atoms with Gasteiger partial charge in [0.2, 0.25) is 0 Å². The average Bonchev–Trinajstić information content (AvgIpc) is 2.58. The number of nitrogens with one attached hydrogen (secondary N) is 2. The van der Waals surface area contributed by atoms with Crippen molar-refractivity contribution in [1.82, 2.24) is 15.7 Å². The van der Waals surface area contributed by atoms with E-state index in [0.29, 0.717) is 17.0 Å². The van der Waals surface area contributed by atoms with E-state index in [2.05, 4.69) is 41.6 Å². The molecular weight excluding hydrogens is 304 g/mol. The lowest BCUT2D eigenvalue weighted by Gasteiger charge is -2.34. The maximum atomic E-state index is 11.8. The first-order valence-electron chi connectivity index (χ1n) is 8.40. The van der Waals surface area contributed by atoms with E-state index >= 15 is 0 Å². The summed E-state index contributed by atoms with van der Waals surface area (Å²) in [5.74, 6) is -0.765. The number of nitrogens with zero attached hydrogens (tertiary/aromatic N) is 2. The SMILES string of the molecule is CC(C)(C)C1CCC(=NNC(=O)C(=O)NCc2ccccn2)CC1. The van der Waals surface area contributed by atoms with E-state index in [-0.39, 0.29) is 6.54 Å². The highest BCUT2D eigenvalue weighted by molar-refractivity contribution is 6.35. The molecule has 0 atom stereocenters. The van der Waals surface area contributed by atoms with Gasteiger partial charge in [0.15, 0.2) is 0 Å². The third-order valence-corrected chi connectivity index (χ3v) is 4.47. The van der Waals surface area contributed by atoms with Crippen molar-refractivity contribution in [1.29, 1.82) is 0 Å². The number of hydrazone groups is 1. The minimum absolute atomic E-state index is 0.219. The van der Waals surface area contributed by atoms with Crippen molar-refractivity contribution in [3.05, 3.63) is 30.1 Å². The highest BCUT2D eigenvalue weighted by atomic mass is 16.2. The van der Waals surface area contributed by atoms with Crippen molar-refractivity contribution in [2.45, 2.75) is 53.0 Å². The summed E-state index contributed by atoms with van der Waals surface area (Å²) < 4.78 is 0. The lowest BCUT2D eigenvalue weighted by atomic mass is 9.72. The fourth-order valence-electron chi connectivity index (χ4n) is 2.86. The van der Waals surface area contributed by atoms with Crippen LogP contribution in [0.5, 0.6) is 0 Å². The normalized spacial score (nSPS) is 18.0. The van der Waals surface area contributed by atoms with Gasteiger partial charge in [-0.3, -0.25) is 14.6 Å². The molecule has 6 nitrogen and oxygen atoms in total. The summed E-state index contributed by atoms with van der Waals surface area (Å²) in [6.45, 7) is 6.99. The van der Waals surface area contributed by atoms with Crippen LogP contribution in [0.4, 0.5) is 0 Å². The van der Waals surface area contributed by atoms with Gasteiger partial charge in [0.25, 0.3) is 0 Å². The van der Waals surface area contributed by atoms with Gasteiger partial charge >= 0.3 is 11.8 Å². The summed E-state index contributed by atoms with van der Waals surface area (Å²) >= 11 is 0. The van der Waals surface area contributed by atoms with Gasteiger partial charge in [0.05, 0.1) is 12.2 Å². The summed E-state index contributed by atoms with van der Waals surface area (Å²) in [7, 11) is 0. The standard InChI is InChI=1S/C18H26N4O2/c1-18(2,3)13-7-9-14(10-8-13)21-22-17(24)16(23)20-12-15-6-4-5-11-19-15/h4-6,11,13H,7-10,12H2,1-3H3,(H,20,23)(H,22,24). The van der Waals surface area contributed by atoms with Crippen LogP contribution in [0.3, 0.4) is 0 Å². The van der Waals surface area contributed by atoms with E-state index in [9.17, 15) is 9.59 Å². The first-order valence-corrected chi connectivity index (χ1v) is 8.40. The van der Waals surface area contributed by atoms with Gasteiger partial charge in [-0.25, -0.2) is 5.43 Å². The first kappa shape index (κ1) is 18.1. The molecule has 0 saturated heterocycles. The summed E-state index contributed by atoms with van der Waals surface area (Å²) in [4.78, 5) is 27.6. The molecule has 6 heteroatoms. The van der Waals surface area contributed by atoms with Crippen molar-refractivity contribution in [3.8, 4) is 0 Å². The average molecular weight is 330 g/mol. The number of rotatable bonds is 3. The van der Waals surface area contributed by atoms with Gasteiger partial charge in [-0.1, -0.05) is 26.8 Å². The van der Waals surface area contributed by atoms with E-state index in [1.54, 1.807) is 18.3 Å². The Labute approximate surface area is 143 Å². The molecule has 1 aliphatic carbocycles. The van der Waals surface area contributed by atoms with Gasteiger partial charge in [-0.2, -0.15) is 5.10 Å². The molecular formula is C18H26N4O2. The van der Waals surface area contributed by atoms with E-state index in [0.717, 1.165) is 31.4 Å². The lowest BCUT2D eigenvalue weighted by Crippen LogP contribution is -2.38. The number of carbonyl (C=O) groups is 2. The molecule has 1 aliphatic rings. The van der Waals surface area contributed by atoms with Crippen LogP contribution in [0.15, 0.2) is 29.5 Å². The second-order valence-electron chi connectivity index (χ2n) is 7.26. The van der Waals surface area contributed by atoms with Crippen LogP contribution >= 0.6 is 0 Å². The number of carbonyl (C=O) groups excluding carboxylic acids is 2. The zero-order chi connectivity index (χ0) is 17.6. The fraction of sp³-hybridized carbons (Fsp3) is 0.556. The molecule has 2 N–H and O–H groups in total. The lowest BCUT2D eigenvalue weighted by molar-refractivity contribution is -0.139. The quantitative estimate of drug-likeness (QED) is 0.659. The van der Waals surface area contributed by atoms with Crippen molar-refractivity contribution in [3.63, 3.8) is 0 Å². The summed E-state index contributed by atoms with van der Waals surface area (Å²) in [6.07, 6.45) is 5.53. The number of amides is 2. The molecule has 0 bridgehead atoms. The molecule has 2 rings (SSSR count). The number of aromatic nitrogens is 1. The Kier molecular flexibility index (Phi) is 6.06. The second-order valence-corrected chi connectivity index (χ2v) is 7.26. The maximum absolute atomic E-state index is 11.8. The molecule has 0 aromatic carbocycles. The zero-order valence-corrected chi connectivity index (χ0v) is 14.6. The summed E-state index contributed by atoms with van der Waals surface area (Å²) in [5.41, 5.74) is 4.32. The monoisotopic (exact) mass is 330 g/mol. The Morgan fingerprint density at radius 1 is 1.21 bits per heavy atom. The van der Waals surface area contributed by atoms with Crippen molar-refractivity contribution in [2.75, 3.05) is 0 Å². The van der Waals surface area contributed by atoms with E-state index in [4.69, 9.17) is 0 Å². The van der Waals surface area contributed by atoms with Crippen LogP contribution in [0, 0.1) is 11.3 Å². The Bertz CT molecular complexity index is 595. The second kappa shape index (κ2) is 8.04. The Balaban J connectivity index is 1.75. The molecule has 1 heterocycles. The molecule has 1 aromatic rings. The smallest absolute Gasteiger partial charge is 0.329 e. The van der Waals surface area contributed by atoms with Crippen molar-refractivity contribution < 1.29 is 9.59 Å². The first-order chi connectivity index (χ1) is 11.4. The van der Waals surface area contributed by atoms with Crippen molar-refractivity contribution in [2.24, 2.45) is 16.4 Å². The minimum Gasteiger partial charge on any atom is -0.342 e. The molecule has 1 saturated carbocycles. The molecule has 1 aromatic heterocycles. The maximum Gasteiger partial charge on any atom is 0.329 e. The third-order valence-electron chi connectivity index (χ3n) is 4.47. The molecule has 2 amide bonds. The van der Waals surface area contributed by atoms with Gasteiger partial charge in [-0.05, 0) is 49.1 Å². The summed E-state index contributed by atoms with van der Waals surface area (Å²) in [6, 6.07) is 5.41. The van der Waals surface area contributed by atoms with E-state index in [1.807, 2.05) is 6.07 Å². The minimum atomic E-state index is -0.739. The predicted molar refractivity (Wildman–Crippen MR) is 93.1 cm³/mol. The predicted octanol–water partition coefficient (Wildman–Crippen LogP) is 2.41. The van der Waals surface area contributed by atoms with Crippen molar-refractivity contribution >= 4 is 17.5 Å². The van der Waals surface area contributed by atoms with Gasteiger partial charge in [0.1, 0.15) is 0 Å². The van der Waals surface area contributed by atoms with Gasteiger partial charge in [0, 0.05) is 11.9 Å².